The van der Waals surface area contributed by atoms with Crippen molar-refractivity contribution in [3.63, 3.8) is 0 Å². The monoisotopic (exact) mass is 208 g/mol. The molecule has 0 radical (unpaired) electrons. The molecule has 1 aliphatic rings. The zero-order chi connectivity index (χ0) is 11.3. The predicted molar refractivity (Wildman–Crippen MR) is 59.1 cm³/mol. The van der Waals surface area contributed by atoms with Crippen LogP contribution in [0.15, 0.2) is 12.3 Å². The Hall–Kier alpha value is -1.58. The number of rotatable bonds is 1. The second kappa shape index (κ2) is 5.34. The fraction of sp³-hybridized carbons (Fsp3) is 0.455. The first-order chi connectivity index (χ1) is 7.29. The average Bonchev–Trinajstić information content (AvgIpc) is 2.30. The third-order valence-electron chi connectivity index (χ3n) is 1.93. The summed E-state index contributed by atoms with van der Waals surface area (Å²) in [6.07, 6.45) is 2.66. The maximum atomic E-state index is 11.0. The number of carbonyl (C=O) groups is 1. The summed E-state index contributed by atoms with van der Waals surface area (Å²) in [5.74, 6) is 0.388. The number of hydrogen-bond acceptors (Lipinski definition) is 3. The lowest BCUT2D eigenvalue weighted by Crippen LogP contribution is -2.26. The van der Waals surface area contributed by atoms with Gasteiger partial charge in [0.2, 0.25) is 5.88 Å². The van der Waals surface area contributed by atoms with Gasteiger partial charge in [0.15, 0.2) is 6.61 Å². The first kappa shape index (κ1) is 11.5. The molecule has 0 saturated heterocycles. The van der Waals surface area contributed by atoms with Crippen molar-refractivity contribution in [1.29, 1.82) is 0 Å². The second-order valence-corrected chi connectivity index (χ2v) is 2.89. The normalized spacial score (nSPS) is 12.9. The molecule has 2 heterocycles. The van der Waals surface area contributed by atoms with Gasteiger partial charge >= 0.3 is 0 Å². The van der Waals surface area contributed by atoms with Crippen molar-refractivity contribution >= 4 is 11.6 Å². The minimum Gasteiger partial charge on any atom is -0.466 e. The SMILES string of the molecule is CC.CCc1cnc2c(c1)NC(=O)CO2. The highest BCUT2D eigenvalue weighted by atomic mass is 16.5. The summed E-state index contributed by atoms with van der Waals surface area (Å²) in [4.78, 5) is 15.0. The molecular formula is C11H16N2O2. The lowest BCUT2D eigenvalue weighted by atomic mass is 10.2. The van der Waals surface area contributed by atoms with Crippen molar-refractivity contribution in [2.75, 3.05) is 11.9 Å². The van der Waals surface area contributed by atoms with E-state index in [4.69, 9.17) is 4.74 Å². The maximum absolute atomic E-state index is 11.0. The van der Waals surface area contributed by atoms with E-state index < -0.39 is 0 Å². The number of ether oxygens (including phenoxy) is 1. The molecule has 0 saturated carbocycles. The Morgan fingerprint density at radius 2 is 2.27 bits per heavy atom. The number of carbonyl (C=O) groups excluding carboxylic acids is 1. The summed E-state index contributed by atoms with van der Waals surface area (Å²) in [7, 11) is 0. The second-order valence-electron chi connectivity index (χ2n) is 2.89. The summed E-state index contributed by atoms with van der Waals surface area (Å²) in [5.41, 5.74) is 1.76. The minimum absolute atomic E-state index is 0.0610. The smallest absolute Gasteiger partial charge is 0.262 e. The van der Waals surface area contributed by atoms with Crippen LogP contribution in [0.3, 0.4) is 0 Å². The zero-order valence-electron chi connectivity index (χ0n) is 9.33. The molecule has 4 nitrogen and oxygen atoms in total. The van der Waals surface area contributed by atoms with Crippen molar-refractivity contribution in [2.24, 2.45) is 0 Å². The first-order valence-corrected chi connectivity index (χ1v) is 5.21. The van der Waals surface area contributed by atoms with E-state index in [2.05, 4.69) is 10.3 Å². The van der Waals surface area contributed by atoms with Crippen molar-refractivity contribution in [1.82, 2.24) is 4.98 Å². The van der Waals surface area contributed by atoms with Crippen LogP contribution in [0.2, 0.25) is 0 Å². The molecule has 1 amide bonds. The predicted octanol–water partition coefficient (Wildman–Crippen LogP) is 2.00. The van der Waals surface area contributed by atoms with E-state index in [-0.39, 0.29) is 12.5 Å². The maximum Gasteiger partial charge on any atom is 0.262 e. The topological polar surface area (TPSA) is 51.2 Å². The van der Waals surface area contributed by atoms with Crippen LogP contribution in [0.5, 0.6) is 5.88 Å². The molecule has 0 bridgehead atoms. The van der Waals surface area contributed by atoms with Gasteiger partial charge in [0.05, 0.1) is 0 Å². The fourth-order valence-electron chi connectivity index (χ4n) is 1.21. The largest absolute Gasteiger partial charge is 0.466 e. The molecule has 2 rings (SSSR count). The lowest BCUT2D eigenvalue weighted by Gasteiger charge is -2.16. The van der Waals surface area contributed by atoms with Gasteiger partial charge in [-0.15, -0.1) is 0 Å². The Balaban J connectivity index is 0.000000531. The van der Waals surface area contributed by atoms with Gasteiger partial charge in [-0.3, -0.25) is 4.79 Å². The summed E-state index contributed by atoms with van der Waals surface area (Å²) in [6, 6.07) is 1.89. The van der Waals surface area contributed by atoms with E-state index in [9.17, 15) is 4.79 Å². The molecule has 0 spiro atoms. The molecule has 1 aromatic heterocycles. The van der Waals surface area contributed by atoms with Crippen molar-refractivity contribution in [2.45, 2.75) is 27.2 Å². The van der Waals surface area contributed by atoms with Gasteiger partial charge in [-0.05, 0) is 18.1 Å². The molecule has 0 atom stereocenters. The standard InChI is InChI=1S/C9H10N2O2.C2H6/c1-2-6-3-7-9(10-4-6)13-5-8(12)11-7;1-2/h3-4H,2,5H2,1H3,(H,11,12);1-2H3. The van der Waals surface area contributed by atoms with Crippen molar-refractivity contribution in [3.8, 4) is 5.88 Å². The highest BCUT2D eigenvalue weighted by Crippen LogP contribution is 2.25. The van der Waals surface area contributed by atoms with Gasteiger partial charge in [-0.2, -0.15) is 0 Å². The van der Waals surface area contributed by atoms with Crippen LogP contribution < -0.4 is 10.1 Å². The van der Waals surface area contributed by atoms with E-state index in [1.807, 2.05) is 26.8 Å². The van der Waals surface area contributed by atoms with Crippen molar-refractivity contribution < 1.29 is 9.53 Å². The molecule has 82 valence electrons. The Labute approximate surface area is 89.7 Å². The van der Waals surface area contributed by atoms with Crippen LogP contribution in [0.4, 0.5) is 5.69 Å². The zero-order valence-corrected chi connectivity index (χ0v) is 9.33. The number of nitrogens with zero attached hydrogens (tertiary/aromatic N) is 1. The summed E-state index contributed by atoms with van der Waals surface area (Å²) >= 11 is 0. The molecule has 0 unspecified atom stereocenters. The van der Waals surface area contributed by atoms with Crippen LogP contribution in [-0.4, -0.2) is 17.5 Å². The number of pyridine rings is 1. The molecule has 15 heavy (non-hydrogen) atoms. The highest BCUT2D eigenvalue weighted by molar-refractivity contribution is 5.94. The van der Waals surface area contributed by atoms with Gasteiger partial charge in [-0.1, -0.05) is 20.8 Å². The molecular weight excluding hydrogens is 192 g/mol. The number of aromatic nitrogens is 1. The highest BCUT2D eigenvalue weighted by Gasteiger charge is 2.16. The van der Waals surface area contributed by atoms with E-state index in [1.54, 1.807) is 6.20 Å². The first-order valence-electron chi connectivity index (χ1n) is 5.21. The molecule has 0 fully saturated rings. The fourth-order valence-corrected chi connectivity index (χ4v) is 1.21. The number of nitrogens with one attached hydrogen (secondary N) is 1. The average molecular weight is 208 g/mol. The van der Waals surface area contributed by atoms with Gasteiger partial charge in [0.25, 0.3) is 5.91 Å². The molecule has 4 heteroatoms. The van der Waals surface area contributed by atoms with Gasteiger partial charge in [0, 0.05) is 6.20 Å². The minimum atomic E-state index is -0.123. The summed E-state index contributed by atoms with van der Waals surface area (Å²) < 4.78 is 5.11. The van der Waals surface area contributed by atoms with Gasteiger partial charge in [0.1, 0.15) is 5.69 Å². The van der Waals surface area contributed by atoms with Crippen molar-refractivity contribution in [3.05, 3.63) is 17.8 Å². The Bertz CT molecular complexity index is 350. The van der Waals surface area contributed by atoms with Crippen LogP contribution >= 0.6 is 0 Å². The summed E-state index contributed by atoms with van der Waals surface area (Å²) in [5, 5.41) is 2.71. The van der Waals surface area contributed by atoms with Crippen LogP contribution in [0.25, 0.3) is 0 Å². The summed E-state index contributed by atoms with van der Waals surface area (Å²) in [6.45, 7) is 6.10. The molecule has 0 aliphatic carbocycles. The van der Waals surface area contributed by atoms with E-state index in [0.717, 1.165) is 12.0 Å². The number of amides is 1. The van der Waals surface area contributed by atoms with E-state index in [1.165, 1.54) is 0 Å². The van der Waals surface area contributed by atoms with Gasteiger partial charge < -0.3 is 10.1 Å². The quantitative estimate of drug-likeness (QED) is 0.768. The number of aryl methyl sites for hydroxylation is 1. The van der Waals surface area contributed by atoms with Crippen LogP contribution in [0, 0.1) is 0 Å². The Morgan fingerprint density at radius 3 is 2.93 bits per heavy atom. The Kier molecular flexibility index (Phi) is 4.09. The van der Waals surface area contributed by atoms with Crippen LogP contribution in [-0.2, 0) is 11.2 Å². The number of fused-ring (bicyclic) bond motifs is 1. The third-order valence-corrected chi connectivity index (χ3v) is 1.93. The van der Waals surface area contributed by atoms with Gasteiger partial charge in [-0.25, -0.2) is 4.98 Å². The van der Waals surface area contributed by atoms with E-state index in [0.29, 0.717) is 11.6 Å². The number of anilines is 1. The number of hydrogen-bond donors (Lipinski definition) is 1. The Morgan fingerprint density at radius 1 is 1.53 bits per heavy atom. The molecule has 1 N–H and O–H groups in total. The molecule has 1 aromatic rings. The van der Waals surface area contributed by atoms with E-state index >= 15 is 0 Å². The lowest BCUT2D eigenvalue weighted by molar-refractivity contribution is -0.118. The third kappa shape index (κ3) is 2.68. The molecule has 1 aliphatic heterocycles. The molecule has 0 aromatic carbocycles. The van der Waals surface area contributed by atoms with Crippen LogP contribution in [0.1, 0.15) is 26.3 Å².